The third-order valence-corrected chi connectivity index (χ3v) is 4.74. The Morgan fingerprint density at radius 1 is 1.28 bits per heavy atom. The third-order valence-electron chi connectivity index (χ3n) is 4.01. The zero-order valence-electron chi connectivity index (χ0n) is 11.0. The topological polar surface area (TPSA) is 69.6 Å². The van der Waals surface area contributed by atoms with Crippen molar-refractivity contribution in [3.8, 4) is 0 Å². The van der Waals surface area contributed by atoms with E-state index in [9.17, 15) is 13.5 Å². The molecule has 1 unspecified atom stereocenters. The van der Waals surface area contributed by atoms with E-state index in [1.807, 2.05) is 0 Å². The second-order valence-corrected chi connectivity index (χ2v) is 7.83. The van der Waals surface area contributed by atoms with Gasteiger partial charge in [0.05, 0.1) is 12.0 Å². The van der Waals surface area contributed by atoms with Gasteiger partial charge < -0.3 is 10.4 Å². The van der Waals surface area contributed by atoms with Crippen LogP contribution in [0.1, 0.15) is 32.1 Å². The predicted octanol–water partition coefficient (Wildman–Crippen LogP) is -0.0441. The van der Waals surface area contributed by atoms with Gasteiger partial charge in [-0.3, -0.25) is 4.90 Å². The van der Waals surface area contributed by atoms with Gasteiger partial charge in [-0.2, -0.15) is 0 Å². The molecule has 0 radical (unpaired) electrons. The van der Waals surface area contributed by atoms with Crippen LogP contribution in [0.3, 0.4) is 0 Å². The minimum atomic E-state index is -3.00. The van der Waals surface area contributed by atoms with E-state index >= 15 is 0 Å². The highest BCUT2D eigenvalue weighted by molar-refractivity contribution is 7.90. The number of nitrogens with one attached hydrogen (secondary N) is 1. The molecule has 0 aromatic heterocycles. The zero-order chi connectivity index (χ0) is 13.2. The highest BCUT2D eigenvalue weighted by Gasteiger charge is 2.36. The molecule has 0 aliphatic carbocycles. The number of nitrogens with zero attached hydrogens (tertiary/aromatic N) is 1. The molecule has 3 atom stereocenters. The van der Waals surface area contributed by atoms with Gasteiger partial charge in [0.25, 0.3) is 0 Å². The molecule has 2 bridgehead atoms. The van der Waals surface area contributed by atoms with Crippen molar-refractivity contribution in [1.82, 2.24) is 10.2 Å². The Kier molecular flexibility index (Phi) is 4.64. The first-order valence-electron chi connectivity index (χ1n) is 6.78. The molecule has 2 aliphatic heterocycles. The lowest BCUT2D eigenvalue weighted by Crippen LogP contribution is -2.46. The molecule has 2 rings (SSSR count). The van der Waals surface area contributed by atoms with E-state index in [4.69, 9.17) is 0 Å². The molecule has 106 valence electrons. The van der Waals surface area contributed by atoms with Crippen molar-refractivity contribution in [3.63, 3.8) is 0 Å². The number of rotatable bonds is 6. The van der Waals surface area contributed by atoms with Gasteiger partial charge in [0.2, 0.25) is 0 Å². The Labute approximate surface area is 109 Å². The Hall–Kier alpha value is -0.170. The summed E-state index contributed by atoms with van der Waals surface area (Å²) in [5.74, 6) is -0.0586. The molecular formula is C12H24N2O3S. The molecule has 0 aromatic rings. The van der Waals surface area contributed by atoms with E-state index in [-0.39, 0.29) is 5.88 Å². The first-order valence-corrected chi connectivity index (χ1v) is 8.84. The smallest absolute Gasteiger partial charge is 0.160 e. The van der Waals surface area contributed by atoms with Gasteiger partial charge in [-0.25, -0.2) is 8.42 Å². The zero-order valence-corrected chi connectivity index (χ0v) is 11.8. The second-order valence-electron chi connectivity index (χ2n) is 5.69. The van der Waals surface area contributed by atoms with Gasteiger partial charge in [-0.15, -0.1) is 0 Å². The van der Waals surface area contributed by atoms with Crippen molar-refractivity contribution in [1.29, 1.82) is 0 Å². The van der Waals surface area contributed by atoms with Crippen molar-refractivity contribution in [2.45, 2.75) is 50.3 Å². The van der Waals surface area contributed by atoms with Crippen LogP contribution in [0, 0.1) is 0 Å². The van der Waals surface area contributed by atoms with E-state index in [1.54, 1.807) is 0 Å². The minimum absolute atomic E-state index is 0.0586. The van der Waals surface area contributed by atoms with Crippen LogP contribution in [0.25, 0.3) is 0 Å². The van der Waals surface area contributed by atoms with Crippen LogP contribution in [0.5, 0.6) is 0 Å². The normalized spacial score (nSPS) is 30.6. The SMILES string of the molecule is CS(=O)(=O)CNCC(O)CN1[C@@H]2CCC[C@H]1CC2. The molecule has 0 spiro atoms. The van der Waals surface area contributed by atoms with Gasteiger partial charge in [0.1, 0.15) is 0 Å². The summed E-state index contributed by atoms with van der Waals surface area (Å²) in [5.41, 5.74) is 0. The van der Waals surface area contributed by atoms with Crippen molar-refractivity contribution < 1.29 is 13.5 Å². The van der Waals surface area contributed by atoms with Crippen LogP contribution >= 0.6 is 0 Å². The van der Waals surface area contributed by atoms with Crippen LogP contribution in [0.4, 0.5) is 0 Å². The van der Waals surface area contributed by atoms with Crippen molar-refractivity contribution in [2.75, 3.05) is 25.2 Å². The Morgan fingerprint density at radius 3 is 2.44 bits per heavy atom. The summed E-state index contributed by atoms with van der Waals surface area (Å²) in [6, 6.07) is 1.29. The van der Waals surface area contributed by atoms with Crippen molar-refractivity contribution in [3.05, 3.63) is 0 Å². The number of fused-ring (bicyclic) bond motifs is 2. The fourth-order valence-electron chi connectivity index (χ4n) is 3.24. The Balaban J connectivity index is 1.72. The van der Waals surface area contributed by atoms with Gasteiger partial charge in [0, 0.05) is 31.4 Å². The summed E-state index contributed by atoms with van der Waals surface area (Å²) >= 11 is 0. The molecule has 6 heteroatoms. The lowest BCUT2D eigenvalue weighted by molar-refractivity contribution is 0.0629. The van der Waals surface area contributed by atoms with Gasteiger partial charge in [-0.1, -0.05) is 6.42 Å². The molecule has 2 heterocycles. The average Bonchev–Trinajstić information content (AvgIpc) is 2.49. The largest absolute Gasteiger partial charge is 0.390 e. The van der Waals surface area contributed by atoms with E-state index in [0.29, 0.717) is 25.2 Å². The predicted molar refractivity (Wildman–Crippen MR) is 71.1 cm³/mol. The highest BCUT2D eigenvalue weighted by Crippen LogP contribution is 2.35. The summed E-state index contributed by atoms with van der Waals surface area (Å²) in [6.07, 6.45) is 7.04. The van der Waals surface area contributed by atoms with Crippen molar-refractivity contribution >= 4 is 9.84 Å². The molecule has 2 fully saturated rings. The molecule has 0 amide bonds. The first-order chi connectivity index (χ1) is 8.46. The fourth-order valence-corrected chi connectivity index (χ4v) is 3.73. The number of hydrogen-bond acceptors (Lipinski definition) is 5. The van der Waals surface area contributed by atoms with Gasteiger partial charge >= 0.3 is 0 Å². The standard InChI is InChI=1S/C12H24N2O3S/c1-18(16,17)9-13-7-12(15)8-14-10-3-2-4-11(14)6-5-10/h10-13,15H,2-9H2,1H3/t10-,11+,12?. The van der Waals surface area contributed by atoms with Crippen LogP contribution < -0.4 is 5.32 Å². The molecule has 5 nitrogen and oxygen atoms in total. The summed E-state index contributed by atoms with van der Waals surface area (Å²) in [6.45, 7) is 1.02. The summed E-state index contributed by atoms with van der Waals surface area (Å²) in [7, 11) is -3.00. The molecule has 2 N–H and O–H groups in total. The lowest BCUT2D eigenvalue weighted by Gasteiger charge is -2.36. The Bertz CT molecular complexity index is 356. The average molecular weight is 276 g/mol. The highest BCUT2D eigenvalue weighted by atomic mass is 32.2. The lowest BCUT2D eigenvalue weighted by atomic mass is 10.0. The van der Waals surface area contributed by atoms with Crippen LogP contribution in [-0.4, -0.2) is 61.8 Å². The summed E-state index contributed by atoms with van der Waals surface area (Å²) in [5, 5.41) is 12.8. The maximum Gasteiger partial charge on any atom is 0.160 e. The van der Waals surface area contributed by atoms with Gasteiger partial charge in [0.15, 0.2) is 9.84 Å². The Morgan fingerprint density at radius 2 is 1.89 bits per heavy atom. The van der Waals surface area contributed by atoms with Crippen molar-refractivity contribution in [2.24, 2.45) is 0 Å². The monoisotopic (exact) mass is 276 g/mol. The van der Waals surface area contributed by atoms with Crippen LogP contribution in [0.15, 0.2) is 0 Å². The maximum absolute atomic E-state index is 11.0. The molecule has 0 aromatic carbocycles. The quantitative estimate of drug-likeness (QED) is 0.712. The number of piperidine rings is 1. The van der Waals surface area contributed by atoms with Crippen LogP contribution in [0.2, 0.25) is 0 Å². The molecule has 2 aliphatic rings. The van der Waals surface area contributed by atoms with Gasteiger partial charge in [-0.05, 0) is 25.7 Å². The molecule has 18 heavy (non-hydrogen) atoms. The molecule has 2 saturated heterocycles. The number of aliphatic hydroxyl groups excluding tert-OH is 1. The van der Waals surface area contributed by atoms with E-state index in [0.717, 1.165) is 0 Å². The maximum atomic E-state index is 11.0. The third kappa shape index (κ3) is 3.91. The van der Waals surface area contributed by atoms with E-state index in [1.165, 1.54) is 38.4 Å². The number of sulfone groups is 1. The van der Waals surface area contributed by atoms with Crippen LogP contribution in [-0.2, 0) is 9.84 Å². The molecule has 0 saturated carbocycles. The first kappa shape index (κ1) is 14.2. The molecular weight excluding hydrogens is 252 g/mol. The number of aliphatic hydroxyl groups is 1. The fraction of sp³-hybridized carbons (Fsp3) is 1.00. The van der Waals surface area contributed by atoms with E-state index < -0.39 is 15.9 Å². The summed E-state index contributed by atoms with van der Waals surface area (Å²) in [4.78, 5) is 2.43. The van der Waals surface area contributed by atoms with E-state index in [2.05, 4.69) is 10.2 Å². The summed E-state index contributed by atoms with van der Waals surface area (Å²) < 4.78 is 21.9. The number of hydrogen-bond donors (Lipinski definition) is 2. The second kappa shape index (κ2) is 5.86. The minimum Gasteiger partial charge on any atom is -0.390 e.